The Bertz CT molecular complexity index is 836. The minimum atomic E-state index is -0.477. The average Bonchev–Trinajstić information content (AvgIpc) is 2.91. The first kappa shape index (κ1) is 19.5. The third-order valence-electron chi connectivity index (χ3n) is 3.76. The number of nitrogens with zero attached hydrogens (tertiary/aromatic N) is 4. The fourth-order valence-electron chi connectivity index (χ4n) is 2.67. The monoisotopic (exact) mass is 381 g/mol. The molecule has 0 aliphatic rings. The van der Waals surface area contributed by atoms with Crippen LogP contribution in [0.4, 0.5) is 17.2 Å². The molecule has 0 spiro atoms. The Morgan fingerprint density at radius 3 is 2.77 bits per heavy atom. The minimum Gasteiger partial charge on any atom is -0.495 e. The second kappa shape index (κ2) is 8.05. The van der Waals surface area contributed by atoms with Gasteiger partial charge < -0.3 is 15.0 Å². The van der Waals surface area contributed by atoms with Gasteiger partial charge in [-0.1, -0.05) is 18.5 Å². The van der Waals surface area contributed by atoms with E-state index in [0.29, 0.717) is 28.6 Å². The van der Waals surface area contributed by atoms with E-state index in [9.17, 15) is 14.9 Å². The van der Waals surface area contributed by atoms with Crippen LogP contribution in [0.25, 0.3) is 0 Å². The number of anilines is 2. The Kier molecular flexibility index (Phi) is 6.04. The quantitative estimate of drug-likeness (QED) is 0.584. The molecule has 26 heavy (non-hydrogen) atoms. The maximum absolute atomic E-state index is 12.4. The molecule has 2 rings (SSSR count). The molecular weight excluding hydrogens is 362 g/mol. The molecule has 2 aromatic rings. The van der Waals surface area contributed by atoms with Crippen LogP contribution in [-0.4, -0.2) is 41.3 Å². The molecular formula is C16H20ClN5O4. The molecule has 0 fully saturated rings. The van der Waals surface area contributed by atoms with E-state index in [-0.39, 0.29) is 24.0 Å². The normalized spacial score (nSPS) is 10.5. The lowest BCUT2D eigenvalue weighted by atomic mass is 10.2. The zero-order valence-electron chi connectivity index (χ0n) is 14.9. The molecule has 9 nitrogen and oxygen atoms in total. The van der Waals surface area contributed by atoms with E-state index in [1.165, 1.54) is 16.7 Å². The maximum atomic E-state index is 12.4. The van der Waals surface area contributed by atoms with Gasteiger partial charge in [-0.25, -0.2) is 4.68 Å². The number of nitro groups is 1. The van der Waals surface area contributed by atoms with E-state index < -0.39 is 4.92 Å². The zero-order chi connectivity index (χ0) is 19.4. The molecule has 140 valence electrons. The van der Waals surface area contributed by atoms with E-state index >= 15 is 0 Å². The number of ether oxygens (including phenoxy) is 1. The lowest BCUT2D eigenvalue weighted by Gasteiger charge is -2.18. The Morgan fingerprint density at radius 1 is 1.50 bits per heavy atom. The Hall–Kier alpha value is -2.81. The van der Waals surface area contributed by atoms with Gasteiger partial charge in [0.25, 0.3) is 0 Å². The SMILES string of the molecule is CCc1nn(C)c(N(C)CC(=O)Nc2cc(Cl)ccc2OC)c1[N+](=O)[O-]. The van der Waals surface area contributed by atoms with Gasteiger partial charge in [-0.05, 0) is 24.6 Å². The van der Waals surface area contributed by atoms with Crippen LogP contribution in [0, 0.1) is 10.1 Å². The van der Waals surface area contributed by atoms with Crippen molar-refractivity contribution in [3.8, 4) is 5.75 Å². The van der Waals surface area contributed by atoms with Crippen molar-refractivity contribution in [2.45, 2.75) is 13.3 Å². The maximum Gasteiger partial charge on any atom is 0.334 e. The van der Waals surface area contributed by atoms with E-state index in [1.54, 1.807) is 39.2 Å². The summed E-state index contributed by atoms with van der Waals surface area (Å²) < 4.78 is 6.59. The van der Waals surface area contributed by atoms with Crippen molar-refractivity contribution in [3.05, 3.63) is 39.0 Å². The highest BCUT2D eigenvalue weighted by Gasteiger charge is 2.29. The largest absolute Gasteiger partial charge is 0.495 e. The summed E-state index contributed by atoms with van der Waals surface area (Å²) in [5.41, 5.74) is 0.703. The van der Waals surface area contributed by atoms with Crippen LogP contribution >= 0.6 is 11.6 Å². The van der Waals surface area contributed by atoms with E-state index in [1.807, 2.05) is 0 Å². The molecule has 0 bridgehead atoms. The number of methoxy groups -OCH3 is 1. The number of aryl methyl sites for hydroxylation is 2. The Labute approximate surface area is 155 Å². The standard InChI is InChI=1S/C16H20ClN5O4/c1-5-11-15(22(24)25)16(21(3)19-11)20(2)9-14(23)18-12-8-10(17)6-7-13(12)26-4/h6-8H,5,9H2,1-4H3,(H,18,23). The lowest BCUT2D eigenvalue weighted by molar-refractivity contribution is -0.384. The number of benzene rings is 1. The van der Waals surface area contributed by atoms with Crippen molar-refractivity contribution in [2.24, 2.45) is 7.05 Å². The predicted molar refractivity (Wildman–Crippen MR) is 99.1 cm³/mol. The predicted octanol–water partition coefficient (Wildman–Crippen LogP) is 2.63. The topological polar surface area (TPSA) is 103 Å². The number of carbonyl (C=O) groups excluding carboxylic acids is 1. The van der Waals surface area contributed by atoms with Gasteiger partial charge in [0.2, 0.25) is 11.7 Å². The van der Waals surface area contributed by atoms with Crippen molar-refractivity contribution in [2.75, 3.05) is 30.9 Å². The molecule has 1 heterocycles. The first-order valence-corrected chi connectivity index (χ1v) is 8.21. The molecule has 0 unspecified atom stereocenters. The van der Waals surface area contributed by atoms with E-state index in [0.717, 1.165) is 0 Å². The molecule has 0 radical (unpaired) electrons. The summed E-state index contributed by atoms with van der Waals surface area (Å²) in [6, 6.07) is 4.86. The van der Waals surface area contributed by atoms with Gasteiger partial charge in [0.1, 0.15) is 11.4 Å². The summed E-state index contributed by atoms with van der Waals surface area (Å²) in [7, 11) is 4.68. The number of halogens is 1. The number of carbonyl (C=O) groups is 1. The first-order valence-electron chi connectivity index (χ1n) is 7.83. The van der Waals surface area contributed by atoms with Gasteiger partial charge in [0.15, 0.2) is 0 Å². The van der Waals surface area contributed by atoms with Gasteiger partial charge in [-0.15, -0.1) is 0 Å². The number of hydrogen-bond acceptors (Lipinski definition) is 6. The summed E-state index contributed by atoms with van der Waals surface area (Å²) in [5, 5.41) is 18.7. The fraction of sp³-hybridized carbons (Fsp3) is 0.375. The second-order valence-corrected chi connectivity index (χ2v) is 6.04. The van der Waals surface area contributed by atoms with Gasteiger partial charge in [-0.2, -0.15) is 5.10 Å². The third kappa shape index (κ3) is 4.05. The van der Waals surface area contributed by atoms with Crippen LogP contribution in [-0.2, 0) is 18.3 Å². The summed E-state index contributed by atoms with van der Waals surface area (Å²) in [6.45, 7) is 1.68. The second-order valence-electron chi connectivity index (χ2n) is 5.60. The molecule has 1 amide bonds. The molecule has 0 aliphatic carbocycles. The summed E-state index contributed by atoms with van der Waals surface area (Å²) in [5.74, 6) is 0.354. The van der Waals surface area contributed by atoms with Gasteiger partial charge in [0, 0.05) is 19.1 Å². The summed E-state index contributed by atoms with van der Waals surface area (Å²) >= 11 is 5.95. The van der Waals surface area contributed by atoms with Crippen LogP contribution in [0.3, 0.4) is 0 Å². The number of amides is 1. The molecule has 1 N–H and O–H groups in total. The van der Waals surface area contributed by atoms with Crippen molar-refractivity contribution < 1.29 is 14.5 Å². The molecule has 0 saturated heterocycles. The Morgan fingerprint density at radius 2 is 2.19 bits per heavy atom. The third-order valence-corrected chi connectivity index (χ3v) is 3.99. The number of nitrogens with one attached hydrogen (secondary N) is 1. The summed E-state index contributed by atoms with van der Waals surface area (Å²) in [6.07, 6.45) is 0.421. The van der Waals surface area contributed by atoms with Crippen molar-refractivity contribution >= 4 is 34.7 Å². The number of likely N-dealkylation sites (N-methyl/N-ethyl adjacent to an activating group) is 1. The smallest absolute Gasteiger partial charge is 0.334 e. The molecule has 0 aliphatic heterocycles. The van der Waals surface area contributed by atoms with Gasteiger partial charge in [-0.3, -0.25) is 14.9 Å². The van der Waals surface area contributed by atoms with Gasteiger partial charge >= 0.3 is 5.69 Å². The van der Waals surface area contributed by atoms with Crippen LogP contribution in [0.15, 0.2) is 18.2 Å². The molecule has 0 atom stereocenters. The van der Waals surface area contributed by atoms with Crippen LogP contribution < -0.4 is 15.0 Å². The lowest BCUT2D eigenvalue weighted by Crippen LogP contribution is -2.31. The minimum absolute atomic E-state index is 0.0920. The van der Waals surface area contributed by atoms with E-state index in [2.05, 4.69) is 10.4 Å². The van der Waals surface area contributed by atoms with Crippen molar-refractivity contribution in [3.63, 3.8) is 0 Å². The number of rotatable bonds is 7. The highest BCUT2D eigenvalue weighted by Crippen LogP contribution is 2.31. The van der Waals surface area contributed by atoms with Crippen molar-refractivity contribution in [1.29, 1.82) is 0 Å². The van der Waals surface area contributed by atoms with Gasteiger partial charge in [0.05, 0.1) is 24.3 Å². The number of aromatic nitrogens is 2. The van der Waals surface area contributed by atoms with Crippen molar-refractivity contribution in [1.82, 2.24) is 9.78 Å². The molecule has 1 aromatic carbocycles. The van der Waals surface area contributed by atoms with Crippen LogP contribution in [0.1, 0.15) is 12.6 Å². The fourth-order valence-corrected chi connectivity index (χ4v) is 2.84. The molecule has 10 heteroatoms. The Balaban J connectivity index is 2.22. The molecule has 0 saturated carbocycles. The average molecular weight is 382 g/mol. The van der Waals surface area contributed by atoms with Crippen LogP contribution in [0.2, 0.25) is 5.02 Å². The molecule has 1 aromatic heterocycles. The highest BCUT2D eigenvalue weighted by atomic mass is 35.5. The highest BCUT2D eigenvalue weighted by molar-refractivity contribution is 6.31. The van der Waals surface area contributed by atoms with E-state index in [4.69, 9.17) is 16.3 Å². The number of hydrogen-bond donors (Lipinski definition) is 1. The zero-order valence-corrected chi connectivity index (χ0v) is 15.7. The first-order chi connectivity index (χ1) is 12.3. The van der Waals surface area contributed by atoms with Crippen LogP contribution in [0.5, 0.6) is 5.75 Å². The summed E-state index contributed by atoms with van der Waals surface area (Å²) in [4.78, 5) is 24.8.